The predicted octanol–water partition coefficient (Wildman–Crippen LogP) is 2.43. The van der Waals surface area contributed by atoms with E-state index in [1.165, 1.54) is 6.42 Å². The Hall–Kier alpha value is -0.830. The topological polar surface area (TPSA) is 49.3 Å². The van der Waals surface area contributed by atoms with Crippen LogP contribution in [0.4, 0.5) is 0 Å². The monoisotopic (exact) mass is 225 g/mol. The second kappa shape index (κ2) is 6.04. The van der Waals surface area contributed by atoms with Gasteiger partial charge in [-0.25, -0.2) is 0 Å². The highest BCUT2D eigenvalue weighted by molar-refractivity contribution is 5.67. The zero-order valence-electron chi connectivity index (χ0n) is 10.2. The van der Waals surface area contributed by atoms with Crippen LogP contribution < -0.4 is 5.32 Å². The molecule has 0 radical (unpaired) electrons. The van der Waals surface area contributed by atoms with Gasteiger partial charge in [0.25, 0.3) is 0 Å². The summed E-state index contributed by atoms with van der Waals surface area (Å²) in [6, 6.07) is 0. The second-order valence-corrected chi connectivity index (χ2v) is 5.19. The van der Waals surface area contributed by atoms with Crippen LogP contribution in [0.1, 0.15) is 39.0 Å². The number of hydrogen-bond donors (Lipinski definition) is 2. The van der Waals surface area contributed by atoms with Gasteiger partial charge in [-0.1, -0.05) is 25.8 Å². The normalized spacial score (nSPS) is 29.9. The summed E-state index contributed by atoms with van der Waals surface area (Å²) in [5, 5.41) is 12.3. The number of carboxylic acid groups (broad SMARTS) is 1. The molecule has 0 aromatic heterocycles. The lowest BCUT2D eigenvalue weighted by Crippen LogP contribution is -2.39. The van der Waals surface area contributed by atoms with E-state index in [1.807, 2.05) is 6.08 Å². The van der Waals surface area contributed by atoms with Crippen molar-refractivity contribution in [3.8, 4) is 0 Å². The molecule has 92 valence electrons. The van der Waals surface area contributed by atoms with Crippen LogP contribution in [0.15, 0.2) is 12.7 Å². The molecule has 0 aromatic carbocycles. The van der Waals surface area contributed by atoms with Crippen LogP contribution in [0.25, 0.3) is 0 Å². The van der Waals surface area contributed by atoms with Crippen LogP contribution in [0.3, 0.4) is 0 Å². The summed E-state index contributed by atoms with van der Waals surface area (Å²) in [4.78, 5) is 11.0. The summed E-state index contributed by atoms with van der Waals surface area (Å²) in [6.07, 6.45) is 6.58. The lowest BCUT2D eigenvalue weighted by Gasteiger charge is -2.39. The molecular formula is C13H23NO2. The Kier molecular flexibility index (Phi) is 5.00. The van der Waals surface area contributed by atoms with Gasteiger partial charge in [0.15, 0.2) is 0 Å². The van der Waals surface area contributed by atoms with Crippen molar-refractivity contribution in [3.63, 3.8) is 0 Å². The van der Waals surface area contributed by atoms with Crippen molar-refractivity contribution < 1.29 is 9.90 Å². The average Bonchev–Trinajstić information content (AvgIpc) is 2.16. The Bertz CT molecular complexity index is 252. The highest BCUT2D eigenvalue weighted by atomic mass is 16.4. The molecule has 0 bridgehead atoms. The molecule has 3 heteroatoms. The van der Waals surface area contributed by atoms with Crippen molar-refractivity contribution in [3.05, 3.63) is 12.7 Å². The molecule has 16 heavy (non-hydrogen) atoms. The van der Waals surface area contributed by atoms with Crippen LogP contribution in [-0.4, -0.2) is 24.2 Å². The number of nitrogens with one attached hydrogen (secondary N) is 1. The number of aliphatic carboxylic acids is 1. The molecule has 0 aromatic rings. The average molecular weight is 225 g/mol. The fraction of sp³-hybridized carbons (Fsp3) is 0.769. The third-order valence-electron chi connectivity index (χ3n) is 3.50. The Balaban J connectivity index is 2.58. The molecule has 0 saturated heterocycles. The summed E-state index contributed by atoms with van der Waals surface area (Å²) in [5.41, 5.74) is -0.0352. The first-order chi connectivity index (χ1) is 7.58. The molecule has 2 N–H and O–H groups in total. The summed E-state index contributed by atoms with van der Waals surface area (Å²) < 4.78 is 0. The van der Waals surface area contributed by atoms with Crippen molar-refractivity contribution in [1.82, 2.24) is 5.32 Å². The van der Waals surface area contributed by atoms with Crippen LogP contribution in [-0.2, 0) is 4.79 Å². The molecule has 1 aliphatic rings. The SMILES string of the molecule is C=CCNC[C@]1(CC(=O)O)CCC[C@@H](C)C1. The Morgan fingerprint density at radius 2 is 2.44 bits per heavy atom. The molecule has 0 spiro atoms. The fourth-order valence-corrected chi connectivity index (χ4v) is 2.91. The lowest BCUT2D eigenvalue weighted by molar-refractivity contribution is -0.140. The van der Waals surface area contributed by atoms with E-state index in [2.05, 4.69) is 18.8 Å². The largest absolute Gasteiger partial charge is 0.481 e. The van der Waals surface area contributed by atoms with Gasteiger partial charge in [-0.2, -0.15) is 0 Å². The van der Waals surface area contributed by atoms with E-state index in [9.17, 15) is 4.79 Å². The number of carboxylic acids is 1. The van der Waals surface area contributed by atoms with Gasteiger partial charge in [0.1, 0.15) is 0 Å². The Morgan fingerprint density at radius 3 is 3.00 bits per heavy atom. The van der Waals surface area contributed by atoms with Crippen molar-refractivity contribution in [2.24, 2.45) is 11.3 Å². The molecular weight excluding hydrogens is 202 g/mol. The van der Waals surface area contributed by atoms with Gasteiger partial charge in [-0.15, -0.1) is 6.58 Å². The maximum absolute atomic E-state index is 11.0. The zero-order valence-corrected chi connectivity index (χ0v) is 10.2. The summed E-state index contributed by atoms with van der Waals surface area (Å²) in [6.45, 7) is 7.45. The van der Waals surface area contributed by atoms with Crippen LogP contribution in [0.5, 0.6) is 0 Å². The summed E-state index contributed by atoms with van der Waals surface area (Å²) >= 11 is 0. The molecule has 0 amide bonds. The van der Waals surface area contributed by atoms with E-state index in [1.54, 1.807) is 0 Å². The highest BCUT2D eigenvalue weighted by Crippen LogP contribution is 2.41. The van der Waals surface area contributed by atoms with Gasteiger partial charge in [-0.05, 0) is 24.2 Å². The molecule has 1 aliphatic carbocycles. The lowest BCUT2D eigenvalue weighted by atomic mass is 9.68. The van der Waals surface area contributed by atoms with Gasteiger partial charge in [-0.3, -0.25) is 4.79 Å². The molecule has 2 atom stereocenters. The van der Waals surface area contributed by atoms with Gasteiger partial charge >= 0.3 is 5.97 Å². The maximum atomic E-state index is 11.0. The molecule has 3 nitrogen and oxygen atoms in total. The number of rotatable bonds is 6. The van der Waals surface area contributed by atoms with Crippen molar-refractivity contribution >= 4 is 5.97 Å². The Morgan fingerprint density at radius 1 is 1.69 bits per heavy atom. The van der Waals surface area contributed by atoms with E-state index < -0.39 is 5.97 Å². The molecule has 0 aliphatic heterocycles. The van der Waals surface area contributed by atoms with Crippen molar-refractivity contribution in [1.29, 1.82) is 0 Å². The summed E-state index contributed by atoms with van der Waals surface area (Å²) in [7, 11) is 0. The van der Waals surface area contributed by atoms with Gasteiger partial charge < -0.3 is 10.4 Å². The van der Waals surface area contributed by atoms with E-state index >= 15 is 0 Å². The minimum atomic E-state index is -0.672. The highest BCUT2D eigenvalue weighted by Gasteiger charge is 2.36. The smallest absolute Gasteiger partial charge is 0.303 e. The predicted molar refractivity (Wildman–Crippen MR) is 65.4 cm³/mol. The van der Waals surface area contributed by atoms with Crippen molar-refractivity contribution in [2.75, 3.05) is 13.1 Å². The summed E-state index contributed by atoms with van der Waals surface area (Å²) in [5.74, 6) is -0.0202. The quantitative estimate of drug-likeness (QED) is 0.539. The fourth-order valence-electron chi connectivity index (χ4n) is 2.91. The maximum Gasteiger partial charge on any atom is 0.303 e. The van der Waals surface area contributed by atoms with E-state index in [-0.39, 0.29) is 5.41 Å². The zero-order chi connectivity index (χ0) is 12.0. The minimum absolute atomic E-state index is 0.0352. The van der Waals surface area contributed by atoms with Crippen molar-refractivity contribution in [2.45, 2.75) is 39.0 Å². The first-order valence-electron chi connectivity index (χ1n) is 6.11. The van der Waals surface area contributed by atoms with E-state index in [0.29, 0.717) is 12.3 Å². The van der Waals surface area contributed by atoms with Gasteiger partial charge in [0.05, 0.1) is 6.42 Å². The third-order valence-corrected chi connectivity index (χ3v) is 3.50. The molecule has 1 fully saturated rings. The van der Waals surface area contributed by atoms with Gasteiger partial charge in [0, 0.05) is 13.1 Å². The first kappa shape index (κ1) is 13.2. The first-order valence-corrected chi connectivity index (χ1v) is 6.11. The standard InChI is InChI=1S/C13H23NO2/c1-3-7-14-10-13(9-12(15)16)6-4-5-11(2)8-13/h3,11,14H,1,4-10H2,2H3,(H,15,16)/t11-,13-/m1/s1. The van der Waals surface area contributed by atoms with Crippen LogP contribution in [0, 0.1) is 11.3 Å². The number of hydrogen-bond acceptors (Lipinski definition) is 2. The van der Waals surface area contributed by atoms with Crippen LogP contribution >= 0.6 is 0 Å². The van der Waals surface area contributed by atoms with E-state index in [4.69, 9.17) is 5.11 Å². The van der Waals surface area contributed by atoms with Gasteiger partial charge in [0.2, 0.25) is 0 Å². The molecule has 1 rings (SSSR count). The minimum Gasteiger partial charge on any atom is -0.481 e. The molecule has 0 unspecified atom stereocenters. The molecule has 1 saturated carbocycles. The Labute approximate surface area is 97.9 Å². The number of carbonyl (C=O) groups is 1. The third kappa shape index (κ3) is 3.97. The second-order valence-electron chi connectivity index (χ2n) is 5.19. The molecule has 0 heterocycles. The van der Waals surface area contributed by atoms with E-state index in [0.717, 1.165) is 32.4 Å². The van der Waals surface area contributed by atoms with Crippen LogP contribution in [0.2, 0.25) is 0 Å².